The molecule has 0 N–H and O–H groups in total. The second-order valence-electron chi connectivity index (χ2n) is 4.85. The molecule has 2 aromatic carbocycles. The number of anilines is 1. The molecule has 0 spiro atoms. The van der Waals surface area contributed by atoms with Gasteiger partial charge in [0.2, 0.25) is 0 Å². The Bertz CT molecular complexity index is 893. The molecule has 0 fully saturated rings. The molecule has 26 heavy (non-hydrogen) atoms. The summed E-state index contributed by atoms with van der Waals surface area (Å²) in [6, 6.07) is 4.36. The lowest BCUT2D eigenvalue weighted by atomic mass is 10.1. The largest absolute Gasteiger partial charge is 0.420 e. The van der Waals surface area contributed by atoms with Crippen molar-refractivity contribution in [2.24, 2.45) is 0 Å². The molecule has 0 atom stereocenters. The van der Waals surface area contributed by atoms with E-state index in [1.54, 1.807) is 0 Å². The quantitative estimate of drug-likeness (QED) is 0.640. The molecule has 3 nitrogen and oxygen atoms in total. The van der Waals surface area contributed by atoms with Crippen molar-refractivity contribution >= 4 is 11.8 Å². The van der Waals surface area contributed by atoms with Gasteiger partial charge in [-0.05, 0) is 36.4 Å². The Labute approximate surface area is 146 Å². The van der Waals surface area contributed by atoms with Crippen LogP contribution in [0.3, 0.4) is 0 Å². The highest BCUT2D eigenvalue weighted by Crippen LogP contribution is 2.44. The van der Waals surface area contributed by atoms with Gasteiger partial charge in [0, 0.05) is 16.8 Å². The van der Waals surface area contributed by atoms with Crippen LogP contribution in [0.15, 0.2) is 42.5 Å². The molecule has 2 rings (SSSR count). The van der Waals surface area contributed by atoms with E-state index in [0.29, 0.717) is 12.1 Å². The molecule has 0 unspecified atom stereocenters. The Morgan fingerprint density at radius 2 is 1.62 bits per heavy atom. The van der Waals surface area contributed by atoms with Crippen molar-refractivity contribution in [3.63, 3.8) is 0 Å². The lowest BCUT2D eigenvalue weighted by Gasteiger charge is -2.21. The van der Waals surface area contributed by atoms with Gasteiger partial charge in [-0.25, -0.2) is 9.18 Å². The number of benzene rings is 2. The van der Waals surface area contributed by atoms with Crippen molar-refractivity contribution in [2.45, 2.75) is 12.4 Å². The van der Waals surface area contributed by atoms with E-state index in [9.17, 15) is 35.5 Å². The predicted octanol–water partition coefficient (Wildman–Crippen LogP) is 5.50. The van der Waals surface area contributed by atoms with Crippen molar-refractivity contribution in [1.82, 2.24) is 0 Å². The maximum Gasteiger partial charge on any atom is 0.420 e. The lowest BCUT2D eigenvalue weighted by molar-refractivity contribution is -0.162. The average molecular weight is 384 g/mol. The van der Waals surface area contributed by atoms with Crippen LogP contribution in [-0.2, 0) is 12.4 Å². The second kappa shape index (κ2) is 6.85. The van der Waals surface area contributed by atoms with Gasteiger partial charge in [-0.3, -0.25) is 4.90 Å². The van der Waals surface area contributed by atoms with Crippen LogP contribution in [-0.4, -0.2) is 13.1 Å². The zero-order chi connectivity index (χ0) is 22.2. The van der Waals surface area contributed by atoms with Crippen LogP contribution in [0.2, 0.25) is 0 Å². The minimum Gasteiger partial charge on any atom is -0.409 e. The number of amides is 1. The highest BCUT2D eigenvalue weighted by atomic mass is 19.4. The van der Waals surface area contributed by atoms with Gasteiger partial charge in [0.1, 0.15) is 17.1 Å². The average Bonchev–Trinajstić information content (AvgIpc) is 2.53. The second-order valence-corrected chi connectivity index (χ2v) is 4.85. The first-order valence-corrected chi connectivity index (χ1v) is 6.67. The Morgan fingerprint density at radius 1 is 1.00 bits per heavy atom. The Kier molecular flexibility index (Phi) is 4.08. The molecule has 140 valence electrons. The summed E-state index contributed by atoms with van der Waals surface area (Å²) >= 11 is 0. The molecule has 0 aliphatic rings. The van der Waals surface area contributed by atoms with E-state index >= 15 is 0 Å². The van der Waals surface area contributed by atoms with Crippen molar-refractivity contribution in [3.8, 4) is 5.75 Å². The van der Waals surface area contributed by atoms with Crippen LogP contribution in [0, 0.1) is 5.82 Å². The fraction of sp³-hybridized carbons (Fsp3) is 0.188. The van der Waals surface area contributed by atoms with Crippen LogP contribution in [0.4, 0.5) is 41.2 Å². The molecule has 1 amide bonds. The fourth-order valence-electron chi connectivity index (χ4n) is 1.98. The van der Waals surface area contributed by atoms with E-state index in [2.05, 4.69) is 4.74 Å². The van der Waals surface area contributed by atoms with Crippen LogP contribution in [0.1, 0.15) is 15.2 Å². The van der Waals surface area contributed by atoms with Gasteiger partial charge in [-0.1, -0.05) is 6.07 Å². The van der Waals surface area contributed by atoms with Crippen LogP contribution >= 0.6 is 0 Å². The molecule has 0 saturated heterocycles. The monoisotopic (exact) mass is 384 g/mol. The van der Waals surface area contributed by atoms with E-state index in [1.165, 1.54) is 0 Å². The number of rotatable bonds is 2. The van der Waals surface area contributed by atoms with Crippen molar-refractivity contribution in [3.05, 3.63) is 59.4 Å². The number of carbonyl (C=O) groups is 1. The third-order valence-electron chi connectivity index (χ3n) is 3.08. The molecule has 0 radical (unpaired) electrons. The lowest BCUT2D eigenvalue weighted by Crippen LogP contribution is -2.30. The summed E-state index contributed by atoms with van der Waals surface area (Å²) in [4.78, 5) is 12.2. The Morgan fingerprint density at radius 3 is 2.12 bits per heavy atom. The zero-order valence-corrected chi connectivity index (χ0v) is 12.5. The number of carbonyl (C=O) groups excluding carboxylic acids is 1. The van der Waals surface area contributed by atoms with Crippen LogP contribution in [0.25, 0.3) is 0 Å². The first kappa shape index (κ1) is 15.5. The summed E-state index contributed by atoms with van der Waals surface area (Å²) in [6.45, 7) is -3.30. The molecular weight excluding hydrogens is 371 g/mol. The van der Waals surface area contributed by atoms with E-state index in [4.69, 9.17) is 4.11 Å². The number of halogens is 7. The Hall–Kier alpha value is -2.78. The number of ether oxygens (including phenoxy) is 1. The molecule has 10 heteroatoms. The minimum atomic E-state index is -5.57. The SMILES string of the molecule is [2H]C([2H])([2H])N(C(=O)Oc1cccc(C(F)(F)F)c1C(F)(F)F)c1ccc(F)cc1. The van der Waals surface area contributed by atoms with Gasteiger partial charge in [0.05, 0.1) is 5.56 Å². The van der Waals surface area contributed by atoms with Crippen molar-refractivity contribution in [1.29, 1.82) is 0 Å². The number of nitrogens with zero attached hydrogens (tertiary/aromatic N) is 1. The van der Waals surface area contributed by atoms with Gasteiger partial charge >= 0.3 is 18.4 Å². The van der Waals surface area contributed by atoms with Crippen molar-refractivity contribution in [2.75, 3.05) is 11.9 Å². The van der Waals surface area contributed by atoms with Crippen molar-refractivity contribution < 1.29 is 44.4 Å². The van der Waals surface area contributed by atoms with E-state index in [1.807, 2.05) is 0 Å². The van der Waals surface area contributed by atoms with Gasteiger partial charge in [0.15, 0.2) is 0 Å². The number of hydrogen-bond acceptors (Lipinski definition) is 2. The van der Waals surface area contributed by atoms with Gasteiger partial charge < -0.3 is 4.74 Å². The Balaban J connectivity index is 2.54. The molecule has 2 aromatic rings. The zero-order valence-electron chi connectivity index (χ0n) is 15.5. The van der Waals surface area contributed by atoms with Gasteiger partial charge in [0.25, 0.3) is 0 Å². The maximum atomic E-state index is 13.2. The standard InChI is InChI=1S/C16H10F7NO2/c1-24(10-7-5-9(17)6-8-10)14(25)26-12-4-2-3-11(15(18,19)20)13(12)16(21,22)23/h2-8H,1H3/i1D3. The van der Waals surface area contributed by atoms with E-state index in [0.717, 1.165) is 24.3 Å². The van der Waals surface area contributed by atoms with Gasteiger partial charge in [-0.2, -0.15) is 26.3 Å². The summed E-state index contributed by atoms with van der Waals surface area (Å²) in [5.74, 6) is -2.33. The maximum absolute atomic E-state index is 13.2. The minimum absolute atomic E-state index is 0.0904. The summed E-state index contributed by atoms with van der Waals surface area (Å²) in [5, 5.41) is 0. The van der Waals surface area contributed by atoms with E-state index in [-0.39, 0.29) is 11.0 Å². The molecule has 0 heterocycles. The first-order chi connectivity index (χ1) is 13.1. The molecule has 0 aliphatic carbocycles. The van der Waals surface area contributed by atoms with Gasteiger partial charge in [-0.15, -0.1) is 0 Å². The topological polar surface area (TPSA) is 29.5 Å². The van der Waals surface area contributed by atoms with Crippen LogP contribution < -0.4 is 9.64 Å². The summed E-state index contributed by atoms with van der Waals surface area (Å²) in [5.41, 5.74) is -4.88. The molecule has 0 saturated carbocycles. The smallest absolute Gasteiger partial charge is 0.409 e. The summed E-state index contributed by atoms with van der Waals surface area (Å²) < 4.78 is 118. The summed E-state index contributed by atoms with van der Waals surface area (Å²) in [7, 11) is 0. The highest BCUT2D eigenvalue weighted by molar-refractivity contribution is 5.88. The number of alkyl halides is 6. The molecular formula is C16H10F7NO2. The first-order valence-electron chi connectivity index (χ1n) is 8.17. The highest BCUT2D eigenvalue weighted by Gasteiger charge is 2.46. The normalized spacial score (nSPS) is 14.2. The van der Waals surface area contributed by atoms with Crippen LogP contribution in [0.5, 0.6) is 5.75 Å². The number of hydrogen-bond donors (Lipinski definition) is 0. The summed E-state index contributed by atoms with van der Waals surface area (Å²) in [6.07, 6.45) is -12.9. The molecule has 0 bridgehead atoms. The fourth-order valence-corrected chi connectivity index (χ4v) is 1.98. The third kappa shape index (κ3) is 4.24. The predicted molar refractivity (Wildman–Crippen MR) is 77.3 cm³/mol. The molecule has 0 aromatic heterocycles. The third-order valence-corrected chi connectivity index (χ3v) is 3.08. The molecule has 0 aliphatic heterocycles. The van der Waals surface area contributed by atoms with E-state index < -0.39 is 53.8 Å².